The topological polar surface area (TPSA) is 55.4 Å². The summed E-state index contributed by atoms with van der Waals surface area (Å²) >= 11 is 0. The van der Waals surface area contributed by atoms with Gasteiger partial charge in [0.05, 0.1) is 29.5 Å². The molecule has 1 fully saturated rings. The zero-order valence-electron chi connectivity index (χ0n) is 16.0. The lowest BCUT2D eigenvalue weighted by Gasteiger charge is -2.29. The Morgan fingerprint density at radius 3 is 2.71 bits per heavy atom. The van der Waals surface area contributed by atoms with Crippen molar-refractivity contribution in [2.45, 2.75) is 32.7 Å². The van der Waals surface area contributed by atoms with Gasteiger partial charge >= 0.3 is 0 Å². The molecule has 0 aromatic carbocycles. The number of hydrogen-bond acceptors (Lipinski definition) is 4. The van der Waals surface area contributed by atoms with Gasteiger partial charge in [-0.05, 0) is 43.9 Å². The number of nitrogens with zero attached hydrogens (tertiary/aromatic N) is 5. The van der Waals surface area contributed by atoms with Crippen LogP contribution in [0.3, 0.4) is 0 Å². The van der Waals surface area contributed by atoms with Crippen LogP contribution in [0.25, 0.3) is 16.4 Å². The molecule has 4 aromatic heterocycles. The molecule has 0 saturated carbocycles. The summed E-state index contributed by atoms with van der Waals surface area (Å²) in [5, 5.41) is 1.66. The van der Waals surface area contributed by atoms with Crippen LogP contribution in [-0.4, -0.2) is 32.0 Å². The number of imidazole rings is 1. The van der Waals surface area contributed by atoms with Crippen LogP contribution >= 0.6 is 0 Å². The molecule has 0 atom stereocenters. The van der Waals surface area contributed by atoms with E-state index in [0.29, 0.717) is 11.9 Å². The minimum Gasteiger partial charge on any atom is -0.370 e. The van der Waals surface area contributed by atoms with Crippen molar-refractivity contribution >= 4 is 22.1 Å². The number of rotatable bonds is 3. The summed E-state index contributed by atoms with van der Waals surface area (Å²) in [6, 6.07) is 6.08. The Bertz CT molecular complexity index is 1220. The van der Waals surface area contributed by atoms with Crippen molar-refractivity contribution in [3.8, 4) is 0 Å². The summed E-state index contributed by atoms with van der Waals surface area (Å²) < 4.78 is 3.73. The van der Waals surface area contributed by atoms with E-state index in [1.807, 2.05) is 47.4 Å². The standard InChI is InChI=1S/C22H23N5O/c1-16-5-6-21-24-17(15-27(21)13-16)14-26-10-7-18-19(22(26)28)11-23-12-20(18)25-8-3-2-4-9-25/h5-7,10-13,15H,2-4,8-9,14H2,1H3. The van der Waals surface area contributed by atoms with Gasteiger partial charge < -0.3 is 13.9 Å². The highest BCUT2D eigenvalue weighted by atomic mass is 16.1. The molecule has 1 saturated heterocycles. The molecule has 4 aromatic rings. The summed E-state index contributed by atoms with van der Waals surface area (Å²) in [6.45, 7) is 4.57. The van der Waals surface area contributed by atoms with Gasteiger partial charge in [0.25, 0.3) is 5.56 Å². The Hall–Kier alpha value is -3.15. The number of anilines is 1. The van der Waals surface area contributed by atoms with E-state index in [1.54, 1.807) is 10.8 Å². The van der Waals surface area contributed by atoms with Gasteiger partial charge in [0.2, 0.25) is 0 Å². The summed E-state index contributed by atoms with van der Waals surface area (Å²) in [5.74, 6) is 0. The van der Waals surface area contributed by atoms with Crippen LogP contribution in [0.1, 0.15) is 30.5 Å². The van der Waals surface area contributed by atoms with E-state index in [0.717, 1.165) is 35.5 Å². The number of aromatic nitrogens is 4. The van der Waals surface area contributed by atoms with E-state index in [-0.39, 0.29) is 5.56 Å². The van der Waals surface area contributed by atoms with Crippen molar-refractivity contribution in [3.63, 3.8) is 0 Å². The highest BCUT2D eigenvalue weighted by Crippen LogP contribution is 2.26. The Morgan fingerprint density at radius 1 is 1.00 bits per heavy atom. The maximum absolute atomic E-state index is 13.1. The number of aryl methyl sites for hydroxylation is 1. The molecule has 5 rings (SSSR count). The lowest BCUT2D eigenvalue weighted by Crippen LogP contribution is -2.30. The van der Waals surface area contributed by atoms with Gasteiger partial charge in [0.1, 0.15) is 5.65 Å². The van der Waals surface area contributed by atoms with Crippen LogP contribution in [0.15, 0.2) is 54.0 Å². The van der Waals surface area contributed by atoms with Gasteiger partial charge in [0.15, 0.2) is 0 Å². The summed E-state index contributed by atoms with van der Waals surface area (Å²) in [6.07, 6.45) is 13.2. The van der Waals surface area contributed by atoms with Crippen molar-refractivity contribution in [2.24, 2.45) is 0 Å². The van der Waals surface area contributed by atoms with Crippen LogP contribution in [0, 0.1) is 6.92 Å². The second-order valence-corrected chi connectivity index (χ2v) is 7.62. The smallest absolute Gasteiger partial charge is 0.260 e. The molecule has 1 aliphatic heterocycles. The number of pyridine rings is 3. The zero-order valence-corrected chi connectivity index (χ0v) is 16.0. The van der Waals surface area contributed by atoms with Crippen molar-refractivity contribution in [3.05, 3.63) is 70.8 Å². The van der Waals surface area contributed by atoms with E-state index in [2.05, 4.69) is 21.8 Å². The van der Waals surface area contributed by atoms with Crippen LogP contribution in [-0.2, 0) is 6.54 Å². The number of hydrogen-bond donors (Lipinski definition) is 0. The predicted octanol–water partition coefficient (Wildman–Crippen LogP) is 3.39. The molecule has 28 heavy (non-hydrogen) atoms. The average molecular weight is 373 g/mol. The van der Waals surface area contributed by atoms with Crippen LogP contribution in [0.5, 0.6) is 0 Å². The molecule has 6 nitrogen and oxygen atoms in total. The summed E-state index contributed by atoms with van der Waals surface area (Å²) in [7, 11) is 0. The SMILES string of the molecule is Cc1ccc2nc(Cn3ccc4c(N5CCCCC5)cncc4c3=O)cn2c1. The third-order valence-corrected chi connectivity index (χ3v) is 5.56. The first-order valence-electron chi connectivity index (χ1n) is 9.85. The lowest BCUT2D eigenvalue weighted by atomic mass is 10.1. The third-order valence-electron chi connectivity index (χ3n) is 5.56. The Labute approximate surface area is 163 Å². The largest absolute Gasteiger partial charge is 0.370 e. The van der Waals surface area contributed by atoms with E-state index in [4.69, 9.17) is 0 Å². The fourth-order valence-electron chi connectivity index (χ4n) is 4.11. The molecule has 0 aliphatic carbocycles. The molecular weight excluding hydrogens is 350 g/mol. The van der Waals surface area contributed by atoms with Crippen molar-refractivity contribution in [2.75, 3.05) is 18.0 Å². The van der Waals surface area contributed by atoms with Gasteiger partial charge in [-0.15, -0.1) is 0 Å². The summed E-state index contributed by atoms with van der Waals surface area (Å²) in [4.78, 5) is 24.5. The lowest BCUT2D eigenvalue weighted by molar-refractivity contribution is 0.578. The van der Waals surface area contributed by atoms with Gasteiger partial charge in [0, 0.05) is 43.3 Å². The molecule has 0 amide bonds. The Kier molecular flexibility index (Phi) is 4.11. The van der Waals surface area contributed by atoms with E-state index >= 15 is 0 Å². The number of fused-ring (bicyclic) bond motifs is 2. The van der Waals surface area contributed by atoms with Crippen LogP contribution < -0.4 is 10.5 Å². The highest BCUT2D eigenvalue weighted by molar-refractivity contribution is 5.92. The number of piperidine rings is 1. The molecule has 6 heteroatoms. The van der Waals surface area contributed by atoms with Gasteiger partial charge in [-0.3, -0.25) is 9.78 Å². The molecule has 142 valence electrons. The fraction of sp³-hybridized carbons (Fsp3) is 0.318. The monoisotopic (exact) mass is 373 g/mol. The quantitative estimate of drug-likeness (QED) is 0.552. The second kappa shape index (κ2) is 6.78. The molecular formula is C22H23N5O. The first-order chi connectivity index (χ1) is 13.7. The molecule has 0 N–H and O–H groups in total. The van der Waals surface area contributed by atoms with Crippen molar-refractivity contribution < 1.29 is 0 Å². The zero-order chi connectivity index (χ0) is 19.1. The normalized spacial score (nSPS) is 14.8. The van der Waals surface area contributed by atoms with Crippen molar-refractivity contribution in [1.29, 1.82) is 0 Å². The Balaban J connectivity index is 1.53. The van der Waals surface area contributed by atoms with Gasteiger partial charge in [-0.1, -0.05) is 6.07 Å². The Morgan fingerprint density at radius 2 is 1.86 bits per heavy atom. The summed E-state index contributed by atoms with van der Waals surface area (Å²) in [5.41, 5.74) is 3.99. The average Bonchev–Trinajstić information content (AvgIpc) is 3.12. The maximum Gasteiger partial charge on any atom is 0.260 e. The van der Waals surface area contributed by atoms with E-state index in [1.165, 1.54) is 24.8 Å². The van der Waals surface area contributed by atoms with Crippen LogP contribution in [0.2, 0.25) is 0 Å². The van der Waals surface area contributed by atoms with Gasteiger partial charge in [-0.2, -0.15) is 0 Å². The molecule has 0 unspecified atom stereocenters. The van der Waals surface area contributed by atoms with Crippen LogP contribution in [0.4, 0.5) is 5.69 Å². The molecule has 0 spiro atoms. The molecule has 0 radical (unpaired) electrons. The maximum atomic E-state index is 13.1. The highest BCUT2D eigenvalue weighted by Gasteiger charge is 2.16. The van der Waals surface area contributed by atoms with Crippen molar-refractivity contribution in [1.82, 2.24) is 18.9 Å². The minimum absolute atomic E-state index is 0.0166. The second-order valence-electron chi connectivity index (χ2n) is 7.62. The minimum atomic E-state index is -0.0166. The first kappa shape index (κ1) is 17.0. The fourth-order valence-corrected chi connectivity index (χ4v) is 4.11. The molecule has 5 heterocycles. The predicted molar refractivity (Wildman–Crippen MR) is 111 cm³/mol. The van der Waals surface area contributed by atoms with E-state index < -0.39 is 0 Å². The molecule has 1 aliphatic rings. The third kappa shape index (κ3) is 2.95. The molecule has 0 bridgehead atoms. The van der Waals surface area contributed by atoms with E-state index in [9.17, 15) is 4.79 Å². The van der Waals surface area contributed by atoms with Gasteiger partial charge in [-0.25, -0.2) is 4.98 Å². The first-order valence-corrected chi connectivity index (χ1v) is 9.85.